The maximum atomic E-state index is 12.1. The number of hydrogen-bond donors (Lipinski definition) is 1. The molecule has 0 bridgehead atoms. The number of aromatic nitrogens is 1. The SMILES string of the molecule is Cc1cccnc1CNC(=O)c1cc(Cl)ccc1[N+](=O)[O-]. The number of nitrogens with one attached hydrogen (secondary N) is 1. The maximum absolute atomic E-state index is 12.1. The zero-order chi connectivity index (χ0) is 15.4. The fourth-order valence-corrected chi connectivity index (χ4v) is 1.98. The van der Waals surface area contributed by atoms with Crippen LogP contribution in [-0.2, 0) is 6.54 Å². The van der Waals surface area contributed by atoms with E-state index in [2.05, 4.69) is 10.3 Å². The van der Waals surface area contributed by atoms with E-state index in [0.717, 1.165) is 5.56 Å². The number of rotatable bonds is 4. The number of pyridine rings is 1. The number of carbonyl (C=O) groups is 1. The van der Waals surface area contributed by atoms with Crippen LogP contribution in [-0.4, -0.2) is 15.8 Å². The fraction of sp³-hybridized carbons (Fsp3) is 0.143. The van der Waals surface area contributed by atoms with Gasteiger partial charge >= 0.3 is 0 Å². The van der Waals surface area contributed by atoms with E-state index in [0.29, 0.717) is 5.69 Å². The summed E-state index contributed by atoms with van der Waals surface area (Å²) in [6, 6.07) is 7.53. The van der Waals surface area contributed by atoms with E-state index < -0.39 is 10.8 Å². The average molecular weight is 306 g/mol. The molecule has 6 nitrogen and oxygen atoms in total. The van der Waals surface area contributed by atoms with E-state index in [4.69, 9.17) is 11.6 Å². The second kappa shape index (κ2) is 6.32. The normalized spacial score (nSPS) is 10.2. The summed E-state index contributed by atoms with van der Waals surface area (Å²) in [5.74, 6) is -0.561. The molecule has 0 aliphatic carbocycles. The Hall–Kier alpha value is -2.47. The molecule has 0 aliphatic rings. The molecule has 2 rings (SSSR count). The van der Waals surface area contributed by atoms with Gasteiger partial charge in [-0.1, -0.05) is 17.7 Å². The van der Waals surface area contributed by atoms with Crippen LogP contribution in [0.2, 0.25) is 5.02 Å². The molecular weight excluding hydrogens is 294 g/mol. The lowest BCUT2D eigenvalue weighted by atomic mass is 10.1. The van der Waals surface area contributed by atoms with Crippen LogP contribution in [0.3, 0.4) is 0 Å². The molecule has 0 atom stereocenters. The first-order valence-electron chi connectivity index (χ1n) is 6.11. The molecule has 0 radical (unpaired) electrons. The van der Waals surface area contributed by atoms with Gasteiger partial charge in [0, 0.05) is 17.3 Å². The Kier molecular flexibility index (Phi) is 4.49. The third kappa shape index (κ3) is 3.55. The van der Waals surface area contributed by atoms with E-state index in [1.807, 2.05) is 13.0 Å². The summed E-state index contributed by atoms with van der Waals surface area (Å²) in [7, 11) is 0. The van der Waals surface area contributed by atoms with Gasteiger partial charge in [-0.2, -0.15) is 0 Å². The molecule has 1 amide bonds. The fourth-order valence-electron chi connectivity index (χ4n) is 1.81. The first-order chi connectivity index (χ1) is 9.99. The Morgan fingerprint density at radius 3 is 2.86 bits per heavy atom. The highest BCUT2D eigenvalue weighted by Crippen LogP contribution is 2.22. The second-order valence-corrected chi connectivity index (χ2v) is 4.80. The van der Waals surface area contributed by atoms with E-state index in [1.165, 1.54) is 18.2 Å². The molecule has 0 unspecified atom stereocenters. The van der Waals surface area contributed by atoms with Crippen LogP contribution >= 0.6 is 11.6 Å². The zero-order valence-corrected chi connectivity index (χ0v) is 11.9. The van der Waals surface area contributed by atoms with Crippen LogP contribution in [0.15, 0.2) is 36.5 Å². The molecule has 21 heavy (non-hydrogen) atoms. The number of benzene rings is 1. The molecule has 0 spiro atoms. The molecule has 1 aromatic heterocycles. The van der Waals surface area contributed by atoms with Gasteiger partial charge in [0.05, 0.1) is 17.2 Å². The highest BCUT2D eigenvalue weighted by molar-refractivity contribution is 6.31. The summed E-state index contributed by atoms with van der Waals surface area (Å²) in [6.07, 6.45) is 1.62. The first-order valence-corrected chi connectivity index (χ1v) is 6.49. The van der Waals surface area contributed by atoms with Crippen LogP contribution in [0, 0.1) is 17.0 Å². The van der Waals surface area contributed by atoms with E-state index in [1.54, 1.807) is 12.3 Å². The standard InChI is InChI=1S/C14H12ClN3O3/c1-9-3-2-6-16-12(9)8-17-14(19)11-7-10(15)4-5-13(11)18(20)21/h2-7H,8H2,1H3,(H,17,19). The average Bonchev–Trinajstić information content (AvgIpc) is 2.45. The van der Waals surface area contributed by atoms with Crippen LogP contribution in [0.25, 0.3) is 0 Å². The number of hydrogen-bond acceptors (Lipinski definition) is 4. The smallest absolute Gasteiger partial charge is 0.282 e. The van der Waals surface area contributed by atoms with Crippen molar-refractivity contribution in [3.05, 3.63) is 68.5 Å². The quantitative estimate of drug-likeness (QED) is 0.695. The van der Waals surface area contributed by atoms with Crippen LogP contribution in [0.4, 0.5) is 5.69 Å². The van der Waals surface area contributed by atoms with E-state index in [-0.39, 0.29) is 22.8 Å². The summed E-state index contributed by atoms with van der Waals surface area (Å²) < 4.78 is 0. The van der Waals surface area contributed by atoms with Gasteiger partial charge in [0.15, 0.2) is 0 Å². The maximum Gasteiger partial charge on any atom is 0.282 e. The number of nitrogens with zero attached hydrogens (tertiary/aromatic N) is 2. The zero-order valence-electron chi connectivity index (χ0n) is 11.2. The van der Waals surface area contributed by atoms with Crippen molar-refractivity contribution in [1.29, 1.82) is 0 Å². The molecule has 108 valence electrons. The third-order valence-corrected chi connectivity index (χ3v) is 3.17. The van der Waals surface area contributed by atoms with Crippen molar-refractivity contribution in [2.75, 3.05) is 0 Å². The summed E-state index contributed by atoms with van der Waals surface area (Å²) in [5, 5.41) is 13.8. The predicted molar refractivity (Wildman–Crippen MR) is 78.3 cm³/mol. The monoisotopic (exact) mass is 305 g/mol. The van der Waals surface area contributed by atoms with Gasteiger partial charge in [-0.05, 0) is 30.7 Å². The number of nitro benzene ring substituents is 1. The lowest BCUT2D eigenvalue weighted by Crippen LogP contribution is -2.24. The lowest BCUT2D eigenvalue weighted by molar-refractivity contribution is -0.385. The number of aryl methyl sites for hydroxylation is 1. The van der Waals surface area contributed by atoms with Crippen molar-refractivity contribution in [1.82, 2.24) is 10.3 Å². The third-order valence-electron chi connectivity index (χ3n) is 2.93. The van der Waals surface area contributed by atoms with Gasteiger partial charge < -0.3 is 5.32 Å². The van der Waals surface area contributed by atoms with Gasteiger partial charge in [0.2, 0.25) is 0 Å². The van der Waals surface area contributed by atoms with Crippen molar-refractivity contribution in [2.24, 2.45) is 0 Å². The highest BCUT2D eigenvalue weighted by atomic mass is 35.5. The van der Waals surface area contributed by atoms with Crippen molar-refractivity contribution < 1.29 is 9.72 Å². The molecule has 1 N–H and O–H groups in total. The Labute approximate surface area is 125 Å². The molecule has 1 heterocycles. The number of amides is 1. The molecule has 1 aromatic carbocycles. The number of halogens is 1. The largest absolute Gasteiger partial charge is 0.346 e. The minimum absolute atomic E-state index is 0.0684. The summed E-state index contributed by atoms with van der Waals surface area (Å²) >= 11 is 5.79. The topological polar surface area (TPSA) is 85.1 Å². The van der Waals surface area contributed by atoms with Crippen molar-refractivity contribution in [3.8, 4) is 0 Å². The van der Waals surface area contributed by atoms with Crippen molar-refractivity contribution in [2.45, 2.75) is 13.5 Å². The lowest BCUT2D eigenvalue weighted by Gasteiger charge is -2.07. The van der Waals surface area contributed by atoms with Crippen LogP contribution in [0.1, 0.15) is 21.6 Å². The molecule has 0 aliphatic heterocycles. The van der Waals surface area contributed by atoms with Crippen molar-refractivity contribution in [3.63, 3.8) is 0 Å². The second-order valence-electron chi connectivity index (χ2n) is 4.37. The van der Waals surface area contributed by atoms with Gasteiger partial charge in [-0.25, -0.2) is 0 Å². The van der Waals surface area contributed by atoms with Crippen LogP contribution < -0.4 is 5.32 Å². The predicted octanol–water partition coefficient (Wildman–Crippen LogP) is 2.88. The minimum Gasteiger partial charge on any atom is -0.346 e. The van der Waals surface area contributed by atoms with Crippen molar-refractivity contribution >= 4 is 23.2 Å². The first kappa shape index (κ1) is 14.9. The molecule has 2 aromatic rings. The van der Waals surface area contributed by atoms with Gasteiger partial charge in [-0.15, -0.1) is 0 Å². The number of nitro groups is 1. The molecule has 0 saturated carbocycles. The minimum atomic E-state index is -0.614. The molecule has 0 fully saturated rings. The Bertz CT molecular complexity index is 704. The highest BCUT2D eigenvalue weighted by Gasteiger charge is 2.20. The van der Waals surface area contributed by atoms with Gasteiger partial charge in [-0.3, -0.25) is 19.9 Å². The summed E-state index contributed by atoms with van der Waals surface area (Å²) in [5.41, 5.74) is 1.28. The van der Waals surface area contributed by atoms with E-state index >= 15 is 0 Å². The van der Waals surface area contributed by atoms with Gasteiger partial charge in [0.1, 0.15) is 5.56 Å². The Balaban J connectivity index is 2.19. The summed E-state index contributed by atoms with van der Waals surface area (Å²) in [4.78, 5) is 26.6. The Morgan fingerprint density at radius 1 is 1.43 bits per heavy atom. The van der Waals surface area contributed by atoms with E-state index in [9.17, 15) is 14.9 Å². The Morgan fingerprint density at radius 2 is 2.19 bits per heavy atom. The molecule has 7 heteroatoms. The number of carbonyl (C=O) groups excluding carboxylic acids is 1. The van der Waals surface area contributed by atoms with Crippen LogP contribution in [0.5, 0.6) is 0 Å². The molecule has 0 saturated heterocycles. The summed E-state index contributed by atoms with van der Waals surface area (Å²) in [6.45, 7) is 2.06. The van der Waals surface area contributed by atoms with Gasteiger partial charge in [0.25, 0.3) is 11.6 Å². The molecular formula is C14H12ClN3O3.